The van der Waals surface area contributed by atoms with Crippen LogP contribution in [-0.2, 0) is 29.1 Å². The summed E-state index contributed by atoms with van der Waals surface area (Å²) in [6.07, 6.45) is 3.34. The van der Waals surface area contributed by atoms with E-state index in [2.05, 4.69) is 21.7 Å². The van der Waals surface area contributed by atoms with Crippen LogP contribution in [0.2, 0.25) is 0 Å². The van der Waals surface area contributed by atoms with Gasteiger partial charge in [-0.05, 0) is 30.2 Å². The number of carbonyl (C=O) groups excluding carboxylic acids is 2. The molecule has 0 spiro atoms. The first-order chi connectivity index (χ1) is 15.5. The van der Waals surface area contributed by atoms with Gasteiger partial charge in [-0.2, -0.15) is 5.26 Å². The SMILES string of the molecule is Cc1cccc(CNC(=O)C(CN)NC(=O)Cc2cncn2Cc2ccc(C#N)cc2)c1. The van der Waals surface area contributed by atoms with Gasteiger partial charge in [0.15, 0.2) is 0 Å². The van der Waals surface area contributed by atoms with E-state index in [4.69, 9.17) is 11.0 Å². The van der Waals surface area contributed by atoms with Crippen LogP contribution in [-0.4, -0.2) is 34.0 Å². The fourth-order valence-electron chi connectivity index (χ4n) is 3.29. The van der Waals surface area contributed by atoms with Gasteiger partial charge >= 0.3 is 0 Å². The second-order valence-electron chi connectivity index (χ2n) is 7.56. The highest BCUT2D eigenvalue weighted by Crippen LogP contribution is 2.09. The third kappa shape index (κ3) is 6.27. The summed E-state index contributed by atoms with van der Waals surface area (Å²) < 4.78 is 1.86. The normalized spacial score (nSPS) is 11.4. The molecule has 8 heteroatoms. The first kappa shape index (κ1) is 22.7. The van der Waals surface area contributed by atoms with E-state index in [0.717, 1.165) is 16.7 Å². The Bertz CT molecular complexity index is 1110. The molecular weight excluding hydrogens is 404 g/mol. The van der Waals surface area contributed by atoms with Crippen LogP contribution in [0.1, 0.15) is 27.9 Å². The van der Waals surface area contributed by atoms with E-state index in [0.29, 0.717) is 24.3 Å². The lowest BCUT2D eigenvalue weighted by Gasteiger charge is -2.17. The maximum atomic E-state index is 12.6. The molecule has 0 aliphatic carbocycles. The Balaban J connectivity index is 1.55. The lowest BCUT2D eigenvalue weighted by Crippen LogP contribution is -2.51. The molecule has 0 fully saturated rings. The van der Waals surface area contributed by atoms with E-state index in [9.17, 15) is 9.59 Å². The van der Waals surface area contributed by atoms with Crippen LogP contribution in [0.5, 0.6) is 0 Å². The molecule has 0 aliphatic heterocycles. The summed E-state index contributed by atoms with van der Waals surface area (Å²) in [5.41, 5.74) is 10.1. The Labute approximate surface area is 187 Å². The van der Waals surface area contributed by atoms with Crippen molar-refractivity contribution in [1.29, 1.82) is 5.26 Å². The van der Waals surface area contributed by atoms with Gasteiger partial charge in [-0.1, -0.05) is 42.0 Å². The van der Waals surface area contributed by atoms with Crippen molar-refractivity contribution in [3.63, 3.8) is 0 Å². The number of amides is 2. The van der Waals surface area contributed by atoms with Gasteiger partial charge in [0.1, 0.15) is 6.04 Å². The van der Waals surface area contributed by atoms with Gasteiger partial charge in [-0.25, -0.2) is 4.98 Å². The molecule has 3 aromatic rings. The van der Waals surface area contributed by atoms with Gasteiger partial charge in [0.2, 0.25) is 11.8 Å². The number of nitrogens with one attached hydrogen (secondary N) is 2. The third-order valence-electron chi connectivity index (χ3n) is 5.01. The van der Waals surface area contributed by atoms with Crippen molar-refractivity contribution in [2.24, 2.45) is 5.73 Å². The molecule has 2 amide bonds. The number of nitrogens with two attached hydrogens (primary N) is 1. The quantitative estimate of drug-likeness (QED) is 0.473. The predicted molar refractivity (Wildman–Crippen MR) is 120 cm³/mol. The number of aryl methyl sites for hydroxylation is 1. The van der Waals surface area contributed by atoms with E-state index >= 15 is 0 Å². The molecule has 8 nitrogen and oxygen atoms in total. The minimum atomic E-state index is -0.817. The summed E-state index contributed by atoms with van der Waals surface area (Å²) >= 11 is 0. The molecule has 1 unspecified atom stereocenters. The van der Waals surface area contributed by atoms with Crippen molar-refractivity contribution in [3.8, 4) is 6.07 Å². The minimum absolute atomic E-state index is 0.00407. The van der Waals surface area contributed by atoms with Crippen LogP contribution in [0.25, 0.3) is 0 Å². The van der Waals surface area contributed by atoms with Gasteiger partial charge in [-0.3, -0.25) is 9.59 Å². The average molecular weight is 431 g/mol. The van der Waals surface area contributed by atoms with Crippen molar-refractivity contribution in [2.45, 2.75) is 32.5 Å². The van der Waals surface area contributed by atoms with Crippen LogP contribution >= 0.6 is 0 Å². The third-order valence-corrected chi connectivity index (χ3v) is 5.01. The molecule has 0 aliphatic rings. The zero-order valence-electron chi connectivity index (χ0n) is 17.9. The summed E-state index contributed by atoms with van der Waals surface area (Å²) in [5.74, 6) is -0.638. The number of aromatic nitrogens is 2. The Kier molecular flexibility index (Phi) is 7.73. The van der Waals surface area contributed by atoms with Crippen molar-refractivity contribution < 1.29 is 9.59 Å². The zero-order chi connectivity index (χ0) is 22.9. The van der Waals surface area contributed by atoms with Crippen molar-refractivity contribution in [1.82, 2.24) is 20.2 Å². The highest BCUT2D eigenvalue weighted by molar-refractivity contribution is 5.88. The summed E-state index contributed by atoms with van der Waals surface area (Å²) in [5, 5.41) is 14.4. The molecule has 1 heterocycles. The number of nitriles is 1. The highest BCUT2D eigenvalue weighted by Gasteiger charge is 2.20. The molecule has 1 atom stereocenters. The van der Waals surface area contributed by atoms with Crippen molar-refractivity contribution in [2.75, 3.05) is 6.54 Å². The zero-order valence-corrected chi connectivity index (χ0v) is 17.9. The second kappa shape index (κ2) is 10.9. The van der Waals surface area contributed by atoms with Crippen LogP contribution < -0.4 is 16.4 Å². The van der Waals surface area contributed by atoms with Gasteiger partial charge in [-0.15, -0.1) is 0 Å². The molecule has 3 rings (SSSR count). The Morgan fingerprint density at radius 3 is 2.66 bits per heavy atom. The van der Waals surface area contributed by atoms with Gasteiger partial charge < -0.3 is 20.9 Å². The molecule has 0 saturated heterocycles. The highest BCUT2D eigenvalue weighted by atomic mass is 16.2. The number of hydrogen-bond acceptors (Lipinski definition) is 5. The average Bonchev–Trinajstić information content (AvgIpc) is 3.22. The molecule has 2 aromatic carbocycles. The molecule has 4 N–H and O–H groups in total. The van der Waals surface area contributed by atoms with Gasteiger partial charge in [0.05, 0.1) is 24.4 Å². The van der Waals surface area contributed by atoms with E-state index in [1.54, 1.807) is 24.7 Å². The van der Waals surface area contributed by atoms with Gasteiger partial charge in [0.25, 0.3) is 0 Å². The standard InChI is InChI=1S/C24H26N6O2/c1-17-3-2-4-20(9-17)13-28-24(32)22(12-26)29-23(31)10-21-14-27-16-30(21)15-19-7-5-18(11-25)6-8-19/h2-9,14,16,22H,10,12-13,15,26H2,1H3,(H,28,32)(H,29,31). The first-order valence-electron chi connectivity index (χ1n) is 10.3. The summed E-state index contributed by atoms with van der Waals surface area (Å²) in [4.78, 5) is 29.2. The number of nitrogens with zero attached hydrogens (tertiary/aromatic N) is 3. The van der Waals surface area contributed by atoms with Crippen LogP contribution in [0.3, 0.4) is 0 Å². The van der Waals surface area contributed by atoms with Gasteiger partial charge in [0, 0.05) is 31.5 Å². The van der Waals surface area contributed by atoms with E-state index in [1.807, 2.05) is 47.9 Å². The van der Waals surface area contributed by atoms with E-state index in [1.165, 1.54) is 0 Å². The smallest absolute Gasteiger partial charge is 0.244 e. The molecule has 0 bridgehead atoms. The van der Waals surface area contributed by atoms with Crippen LogP contribution in [0.4, 0.5) is 0 Å². The number of imidazole rings is 1. The minimum Gasteiger partial charge on any atom is -0.350 e. The maximum Gasteiger partial charge on any atom is 0.244 e. The Morgan fingerprint density at radius 1 is 1.19 bits per heavy atom. The number of rotatable bonds is 9. The van der Waals surface area contributed by atoms with Crippen LogP contribution in [0.15, 0.2) is 61.1 Å². The Hall–Kier alpha value is -3.96. The largest absolute Gasteiger partial charge is 0.350 e. The first-order valence-corrected chi connectivity index (χ1v) is 10.3. The van der Waals surface area contributed by atoms with Crippen molar-refractivity contribution in [3.05, 3.63) is 89.0 Å². The number of carbonyl (C=O) groups is 2. The molecule has 1 aromatic heterocycles. The number of benzene rings is 2. The fourth-order valence-corrected chi connectivity index (χ4v) is 3.29. The predicted octanol–water partition coefficient (Wildman–Crippen LogP) is 1.41. The van der Waals surface area contributed by atoms with Crippen LogP contribution in [0, 0.1) is 18.3 Å². The molecule has 0 saturated carbocycles. The summed E-state index contributed by atoms with van der Waals surface area (Å²) in [7, 11) is 0. The van der Waals surface area contributed by atoms with E-state index in [-0.39, 0.29) is 24.8 Å². The monoisotopic (exact) mass is 430 g/mol. The summed E-state index contributed by atoms with van der Waals surface area (Å²) in [6.45, 7) is 2.87. The maximum absolute atomic E-state index is 12.6. The Morgan fingerprint density at radius 2 is 1.97 bits per heavy atom. The molecule has 164 valence electrons. The lowest BCUT2D eigenvalue weighted by molar-refractivity contribution is -0.128. The molecule has 0 radical (unpaired) electrons. The lowest BCUT2D eigenvalue weighted by atomic mass is 10.1. The van der Waals surface area contributed by atoms with Crippen molar-refractivity contribution >= 4 is 11.8 Å². The fraction of sp³-hybridized carbons (Fsp3) is 0.250. The second-order valence-corrected chi connectivity index (χ2v) is 7.56. The van der Waals surface area contributed by atoms with E-state index < -0.39 is 6.04 Å². The summed E-state index contributed by atoms with van der Waals surface area (Å²) in [6, 6.07) is 16.3. The number of hydrogen-bond donors (Lipinski definition) is 3. The molecular formula is C24H26N6O2. The topological polar surface area (TPSA) is 126 Å². The molecule has 32 heavy (non-hydrogen) atoms.